The Hall–Kier alpha value is -2.63. The highest BCUT2D eigenvalue weighted by Gasteiger charge is 2.34. The summed E-state index contributed by atoms with van der Waals surface area (Å²) in [5.41, 5.74) is 2.76. The molecule has 162 valence electrons. The van der Waals surface area contributed by atoms with E-state index in [1.807, 2.05) is 37.3 Å². The smallest absolute Gasteiger partial charge is 0.245 e. The second kappa shape index (κ2) is 9.02. The largest absolute Gasteiger partial charge is 0.333 e. The van der Waals surface area contributed by atoms with Crippen LogP contribution < -0.4 is 5.32 Å². The summed E-state index contributed by atoms with van der Waals surface area (Å²) in [6, 6.07) is 9.91. The Labute approximate surface area is 179 Å². The second-order valence-electron chi connectivity index (χ2n) is 9.30. The molecule has 0 unspecified atom stereocenters. The predicted octanol–water partition coefficient (Wildman–Crippen LogP) is 4.46. The molecule has 3 rings (SSSR count). The molecule has 0 aliphatic heterocycles. The lowest BCUT2D eigenvalue weighted by Gasteiger charge is -2.22. The van der Waals surface area contributed by atoms with Crippen molar-refractivity contribution in [2.45, 2.75) is 65.7 Å². The Bertz CT molecular complexity index is 906. The van der Waals surface area contributed by atoms with Gasteiger partial charge in [-0.15, -0.1) is 0 Å². The van der Waals surface area contributed by atoms with Crippen molar-refractivity contribution in [1.29, 1.82) is 0 Å². The van der Waals surface area contributed by atoms with Crippen LogP contribution in [0.3, 0.4) is 0 Å². The topological polar surface area (TPSA) is 67.2 Å². The van der Waals surface area contributed by atoms with Gasteiger partial charge < -0.3 is 10.2 Å². The van der Waals surface area contributed by atoms with E-state index in [2.05, 4.69) is 33.0 Å². The maximum Gasteiger partial charge on any atom is 0.245 e. The molecule has 1 heterocycles. The molecule has 1 aromatic carbocycles. The van der Waals surface area contributed by atoms with Gasteiger partial charge in [-0.1, -0.05) is 52.3 Å². The van der Waals surface area contributed by atoms with Crippen LogP contribution >= 0.6 is 0 Å². The Balaban J connectivity index is 1.83. The number of para-hydroxylation sites is 1. The molecule has 0 radical (unpaired) electrons. The zero-order valence-corrected chi connectivity index (χ0v) is 18.9. The lowest BCUT2D eigenvalue weighted by atomic mass is 9.92. The van der Waals surface area contributed by atoms with Gasteiger partial charge in [-0.25, -0.2) is 4.68 Å². The summed E-state index contributed by atoms with van der Waals surface area (Å²) in [5, 5.41) is 7.81. The molecule has 1 aliphatic rings. The van der Waals surface area contributed by atoms with E-state index in [4.69, 9.17) is 5.10 Å². The van der Waals surface area contributed by atoms with E-state index in [1.54, 1.807) is 9.58 Å². The first kappa shape index (κ1) is 22.1. The number of nitrogens with one attached hydrogen (secondary N) is 1. The molecule has 1 aliphatic carbocycles. The number of nitrogens with zero attached hydrogens (tertiary/aromatic N) is 3. The fourth-order valence-corrected chi connectivity index (χ4v) is 3.38. The number of benzene rings is 1. The van der Waals surface area contributed by atoms with Gasteiger partial charge in [0.2, 0.25) is 11.8 Å². The van der Waals surface area contributed by atoms with E-state index in [0.717, 1.165) is 42.6 Å². The summed E-state index contributed by atoms with van der Waals surface area (Å²) in [6.07, 6.45) is 3.78. The minimum atomic E-state index is -0.185. The van der Waals surface area contributed by atoms with Gasteiger partial charge in [0.15, 0.2) is 0 Å². The predicted molar refractivity (Wildman–Crippen MR) is 120 cm³/mol. The number of amides is 2. The van der Waals surface area contributed by atoms with Crippen molar-refractivity contribution in [1.82, 2.24) is 14.7 Å². The zero-order valence-electron chi connectivity index (χ0n) is 18.9. The standard InChI is InChI=1S/C24H34N4O2/c1-6-7-14-27(23(30)18-12-13-18)16-22(29)25-21-15-20(24(3,4)5)26-28(21)19-11-9-8-10-17(19)2/h8-11,15,18H,6-7,12-14,16H2,1-5H3,(H,25,29). The van der Waals surface area contributed by atoms with E-state index in [0.29, 0.717) is 12.4 Å². The summed E-state index contributed by atoms with van der Waals surface area (Å²) in [4.78, 5) is 27.2. The van der Waals surface area contributed by atoms with Gasteiger partial charge in [-0.2, -0.15) is 5.10 Å². The van der Waals surface area contributed by atoms with Gasteiger partial charge >= 0.3 is 0 Å². The van der Waals surface area contributed by atoms with Crippen molar-refractivity contribution >= 4 is 17.6 Å². The van der Waals surface area contributed by atoms with Crippen molar-refractivity contribution < 1.29 is 9.59 Å². The van der Waals surface area contributed by atoms with Crippen molar-refractivity contribution in [3.63, 3.8) is 0 Å². The molecule has 2 amide bonds. The maximum absolute atomic E-state index is 12.9. The van der Waals surface area contributed by atoms with Crippen LogP contribution in [0.15, 0.2) is 30.3 Å². The fraction of sp³-hybridized carbons (Fsp3) is 0.542. The Kier molecular flexibility index (Phi) is 6.64. The number of hydrogen-bond acceptors (Lipinski definition) is 3. The van der Waals surface area contributed by atoms with Crippen LogP contribution in [0.25, 0.3) is 5.69 Å². The molecule has 0 spiro atoms. The number of aryl methyl sites for hydroxylation is 1. The lowest BCUT2D eigenvalue weighted by molar-refractivity contribution is -0.135. The summed E-state index contributed by atoms with van der Waals surface area (Å²) >= 11 is 0. The van der Waals surface area contributed by atoms with E-state index in [-0.39, 0.29) is 29.7 Å². The molecule has 1 aromatic heterocycles. The van der Waals surface area contributed by atoms with Crippen molar-refractivity contribution in [3.8, 4) is 5.69 Å². The van der Waals surface area contributed by atoms with Crippen molar-refractivity contribution in [2.24, 2.45) is 5.92 Å². The highest BCUT2D eigenvalue weighted by atomic mass is 16.2. The van der Waals surface area contributed by atoms with Gasteiger partial charge in [0.1, 0.15) is 5.82 Å². The Morgan fingerprint density at radius 2 is 1.93 bits per heavy atom. The highest BCUT2D eigenvalue weighted by Crippen LogP contribution is 2.31. The first-order valence-electron chi connectivity index (χ1n) is 11.0. The number of hydrogen-bond donors (Lipinski definition) is 1. The average molecular weight is 411 g/mol. The molecule has 6 nitrogen and oxygen atoms in total. The second-order valence-corrected chi connectivity index (χ2v) is 9.30. The zero-order chi connectivity index (χ0) is 21.9. The SMILES string of the molecule is CCCCN(CC(=O)Nc1cc(C(C)(C)C)nn1-c1ccccc1C)C(=O)C1CC1. The summed E-state index contributed by atoms with van der Waals surface area (Å²) in [6.45, 7) is 11.1. The molecule has 30 heavy (non-hydrogen) atoms. The molecule has 1 N–H and O–H groups in total. The Morgan fingerprint density at radius 1 is 1.23 bits per heavy atom. The molecular formula is C24H34N4O2. The molecule has 1 saturated carbocycles. The molecule has 0 saturated heterocycles. The summed E-state index contributed by atoms with van der Waals surface area (Å²) in [7, 11) is 0. The van der Waals surface area contributed by atoms with Crippen LogP contribution in [0.4, 0.5) is 5.82 Å². The van der Waals surface area contributed by atoms with E-state index in [9.17, 15) is 9.59 Å². The van der Waals surface area contributed by atoms with Crippen LogP contribution in [0.1, 0.15) is 64.6 Å². The van der Waals surface area contributed by atoms with Crippen LogP contribution in [-0.2, 0) is 15.0 Å². The minimum Gasteiger partial charge on any atom is -0.333 e. The van der Waals surface area contributed by atoms with E-state index < -0.39 is 0 Å². The molecule has 1 fully saturated rings. The van der Waals surface area contributed by atoms with Gasteiger partial charge in [-0.3, -0.25) is 9.59 Å². The quantitative estimate of drug-likeness (QED) is 0.699. The molecule has 6 heteroatoms. The van der Waals surface area contributed by atoms with Gasteiger partial charge in [0.05, 0.1) is 17.9 Å². The number of carbonyl (C=O) groups is 2. The molecule has 0 bridgehead atoms. The number of carbonyl (C=O) groups excluding carboxylic acids is 2. The number of aromatic nitrogens is 2. The number of rotatable bonds is 8. The Morgan fingerprint density at radius 3 is 2.53 bits per heavy atom. The van der Waals surface area contributed by atoms with Crippen LogP contribution in [0.2, 0.25) is 0 Å². The maximum atomic E-state index is 12.9. The van der Waals surface area contributed by atoms with Gasteiger partial charge in [0.25, 0.3) is 0 Å². The summed E-state index contributed by atoms with van der Waals surface area (Å²) in [5.74, 6) is 0.671. The monoisotopic (exact) mass is 410 g/mol. The molecule has 2 aromatic rings. The van der Waals surface area contributed by atoms with E-state index in [1.165, 1.54) is 0 Å². The third-order valence-electron chi connectivity index (χ3n) is 5.44. The summed E-state index contributed by atoms with van der Waals surface area (Å²) < 4.78 is 1.80. The third kappa shape index (κ3) is 5.29. The van der Waals surface area contributed by atoms with Gasteiger partial charge in [0, 0.05) is 23.9 Å². The highest BCUT2D eigenvalue weighted by molar-refractivity contribution is 5.94. The third-order valence-corrected chi connectivity index (χ3v) is 5.44. The first-order valence-corrected chi connectivity index (χ1v) is 11.0. The first-order chi connectivity index (χ1) is 14.2. The van der Waals surface area contributed by atoms with Crippen molar-refractivity contribution in [2.75, 3.05) is 18.4 Å². The fourth-order valence-electron chi connectivity index (χ4n) is 3.38. The minimum absolute atomic E-state index is 0.0825. The number of unbranched alkanes of at least 4 members (excludes halogenated alkanes) is 1. The lowest BCUT2D eigenvalue weighted by Crippen LogP contribution is -2.39. The molecule has 0 atom stereocenters. The number of anilines is 1. The average Bonchev–Trinajstić information content (AvgIpc) is 3.45. The van der Waals surface area contributed by atoms with Crippen LogP contribution in [0.5, 0.6) is 0 Å². The van der Waals surface area contributed by atoms with Gasteiger partial charge in [-0.05, 0) is 37.8 Å². The van der Waals surface area contributed by atoms with Crippen LogP contribution in [-0.4, -0.2) is 39.6 Å². The van der Waals surface area contributed by atoms with Crippen LogP contribution in [0, 0.1) is 12.8 Å². The normalized spacial score (nSPS) is 13.9. The van der Waals surface area contributed by atoms with Crippen molar-refractivity contribution in [3.05, 3.63) is 41.6 Å². The molecular weight excluding hydrogens is 376 g/mol. The van der Waals surface area contributed by atoms with E-state index >= 15 is 0 Å².